The lowest BCUT2D eigenvalue weighted by Gasteiger charge is -1.94. The molecular weight excluding hydrogens is 292 g/mol. The van der Waals surface area contributed by atoms with Crippen molar-refractivity contribution in [2.75, 3.05) is 13.1 Å². The van der Waals surface area contributed by atoms with Gasteiger partial charge in [0, 0.05) is 13.1 Å². The first kappa shape index (κ1) is 18.0. The van der Waals surface area contributed by atoms with Gasteiger partial charge in [-0.05, 0) is 24.3 Å². The molecule has 6 N–H and O–H groups in total. The Morgan fingerprint density at radius 2 is 1.40 bits per heavy atom. The Kier molecular flexibility index (Phi) is 7.39. The van der Waals surface area contributed by atoms with E-state index in [1.165, 1.54) is 24.3 Å². The topological polar surface area (TPSA) is 167 Å². The molecule has 112 valence electrons. The van der Waals surface area contributed by atoms with Crippen LogP contribution in [0.25, 0.3) is 0 Å². The molecule has 0 fully saturated rings. The van der Waals surface area contributed by atoms with Gasteiger partial charge < -0.3 is 15.9 Å². The van der Waals surface area contributed by atoms with Crippen molar-refractivity contribution in [3.63, 3.8) is 0 Å². The fourth-order valence-corrected chi connectivity index (χ4v) is 1.32. The number of aromatic carboxylic acids is 2. The van der Waals surface area contributed by atoms with Crippen molar-refractivity contribution in [1.29, 1.82) is 0 Å². The standard InChI is InChI=1S/C8H6O4.C2H8N2O3S/c9-7(10)5-1-2-6(4-3-5)8(11)12;3-1-2-4-8(5,6)7/h1-4H,(H,9,10)(H,11,12);4H,1-3H2,(H,5,6,7). The first-order valence-corrected chi connectivity index (χ1v) is 6.60. The third kappa shape index (κ3) is 8.16. The summed E-state index contributed by atoms with van der Waals surface area (Å²) < 4.78 is 29.3. The zero-order valence-corrected chi connectivity index (χ0v) is 11.0. The van der Waals surface area contributed by atoms with E-state index in [4.69, 9.17) is 20.5 Å². The molecule has 0 saturated carbocycles. The predicted molar refractivity (Wildman–Crippen MR) is 69.0 cm³/mol. The Morgan fingerprint density at radius 3 is 1.55 bits per heavy atom. The summed E-state index contributed by atoms with van der Waals surface area (Å²) in [6.45, 7) is 0.249. The van der Waals surface area contributed by atoms with Crippen molar-refractivity contribution >= 4 is 22.2 Å². The number of nitrogens with two attached hydrogens (primary N) is 1. The summed E-state index contributed by atoms with van der Waals surface area (Å²) in [6, 6.07) is 5.02. The Bertz CT molecular complexity index is 520. The molecule has 0 spiro atoms. The Labute approximate surface area is 114 Å². The SMILES string of the molecule is NCCNS(=O)(=O)O.O=C(O)c1ccc(C(=O)O)cc1. The molecule has 0 unspecified atom stereocenters. The minimum atomic E-state index is -4.02. The second-order valence-corrected chi connectivity index (χ2v) is 4.58. The van der Waals surface area contributed by atoms with E-state index in [1.54, 1.807) is 4.72 Å². The van der Waals surface area contributed by atoms with E-state index in [-0.39, 0.29) is 24.2 Å². The number of carbonyl (C=O) groups is 2. The first-order valence-electron chi connectivity index (χ1n) is 5.16. The van der Waals surface area contributed by atoms with Crippen LogP contribution in [-0.2, 0) is 10.3 Å². The van der Waals surface area contributed by atoms with Crippen molar-refractivity contribution in [2.24, 2.45) is 5.73 Å². The van der Waals surface area contributed by atoms with E-state index in [2.05, 4.69) is 0 Å². The van der Waals surface area contributed by atoms with Crippen LogP contribution < -0.4 is 10.5 Å². The van der Waals surface area contributed by atoms with Crippen LogP contribution in [0.1, 0.15) is 20.7 Å². The number of hydrogen-bond acceptors (Lipinski definition) is 5. The number of rotatable bonds is 5. The van der Waals surface area contributed by atoms with E-state index in [0.717, 1.165) is 0 Å². The molecule has 0 aromatic heterocycles. The first-order chi connectivity index (χ1) is 9.17. The van der Waals surface area contributed by atoms with Gasteiger partial charge in [-0.15, -0.1) is 0 Å². The van der Waals surface area contributed by atoms with Crippen molar-refractivity contribution in [3.8, 4) is 0 Å². The van der Waals surface area contributed by atoms with Gasteiger partial charge in [0.15, 0.2) is 0 Å². The van der Waals surface area contributed by atoms with Crippen LogP contribution in [0.3, 0.4) is 0 Å². The van der Waals surface area contributed by atoms with Crippen LogP contribution in [-0.4, -0.2) is 48.2 Å². The molecule has 9 nitrogen and oxygen atoms in total. The minimum absolute atomic E-state index is 0.0683. The van der Waals surface area contributed by atoms with Crippen LogP contribution in [0.5, 0.6) is 0 Å². The highest BCUT2D eigenvalue weighted by molar-refractivity contribution is 7.83. The van der Waals surface area contributed by atoms with Gasteiger partial charge in [0.05, 0.1) is 11.1 Å². The summed E-state index contributed by atoms with van der Waals surface area (Å²) in [5, 5.41) is 16.9. The van der Waals surface area contributed by atoms with Gasteiger partial charge in [-0.3, -0.25) is 4.55 Å². The lowest BCUT2D eigenvalue weighted by atomic mass is 10.1. The summed E-state index contributed by atoms with van der Waals surface area (Å²) in [6.07, 6.45) is 0. The van der Waals surface area contributed by atoms with Crippen LogP contribution in [0.15, 0.2) is 24.3 Å². The van der Waals surface area contributed by atoms with Gasteiger partial charge in [0.25, 0.3) is 0 Å². The Balaban J connectivity index is 0.000000396. The summed E-state index contributed by atoms with van der Waals surface area (Å²) in [5.74, 6) is -2.13. The molecule has 0 aliphatic rings. The average molecular weight is 306 g/mol. The average Bonchev–Trinajstić information content (AvgIpc) is 2.36. The normalized spacial score (nSPS) is 10.3. The Hall–Kier alpha value is -2.01. The molecule has 0 aliphatic heterocycles. The molecule has 20 heavy (non-hydrogen) atoms. The third-order valence-corrected chi connectivity index (χ3v) is 2.38. The molecular formula is C10H14N2O7S. The zero-order valence-electron chi connectivity index (χ0n) is 10.2. The molecule has 0 aliphatic carbocycles. The van der Waals surface area contributed by atoms with Crippen LogP contribution >= 0.6 is 0 Å². The maximum absolute atomic E-state index is 10.3. The number of benzene rings is 1. The molecule has 1 rings (SSSR count). The van der Waals surface area contributed by atoms with Gasteiger partial charge in [-0.1, -0.05) is 0 Å². The fraction of sp³-hybridized carbons (Fsp3) is 0.200. The molecule has 0 saturated heterocycles. The van der Waals surface area contributed by atoms with Gasteiger partial charge in [0.1, 0.15) is 0 Å². The van der Waals surface area contributed by atoms with Crippen molar-refractivity contribution < 1.29 is 32.8 Å². The fourth-order valence-electron chi connectivity index (χ4n) is 0.943. The highest BCUT2D eigenvalue weighted by atomic mass is 32.2. The van der Waals surface area contributed by atoms with Gasteiger partial charge >= 0.3 is 22.2 Å². The summed E-state index contributed by atoms with van der Waals surface area (Å²) >= 11 is 0. The van der Waals surface area contributed by atoms with E-state index >= 15 is 0 Å². The lowest BCUT2D eigenvalue weighted by molar-refractivity contribution is 0.0681. The number of carboxylic acids is 2. The van der Waals surface area contributed by atoms with Crippen molar-refractivity contribution in [1.82, 2.24) is 4.72 Å². The van der Waals surface area contributed by atoms with Gasteiger partial charge in [-0.25, -0.2) is 9.59 Å². The maximum atomic E-state index is 10.3. The molecule has 0 heterocycles. The summed E-state index contributed by atoms with van der Waals surface area (Å²) in [4.78, 5) is 20.7. The molecule has 0 atom stereocenters. The molecule has 0 radical (unpaired) electrons. The number of hydrogen-bond donors (Lipinski definition) is 5. The molecule has 0 bridgehead atoms. The predicted octanol–water partition coefficient (Wildman–Crippen LogP) is -0.579. The van der Waals surface area contributed by atoms with Crippen LogP contribution in [0.2, 0.25) is 0 Å². The summed E-state index contributed by atoms with van der Waals surface area (Å²) in [7, 11) is -4.02. The van der Waals surface area contributed by atoms with Crippen molar-refractivity contribution in [2.45, 2.75) is 0 Å². The highest BCUT2D eigenvalue weighted by Gasteiger charge is 2.04. The van der Waals surface area contributed by atoms with E-state index in [9.17, 15) is 18.0 Å². The second-order valence-electron chi connectivity index (χ2n) is 3.35. The Morgan fingerprint density at radius 1 is 1.05 bits per heavy atom. The maximum Gasteiger partial charge on any atom is 0.335 e. The minimum Gasteiger partial charge on any atom is -0.478 e. The van der Waals surface area contributed by atoms with E-state index < -0.39 is 22.2 Å². The smallest absolute Gasteiger partial charge is 0.335 e. The zero-order chi connectivity index (χ0) is 15.8. The molecule has 0 amide bonds. The van der Waals surface area contributed by atoms with Gasteiger partial charge in [-0.2, -0.15) is 13.1 Å². The number of nitrogens with one attached hydrogen (secondary N) is 1. The van der Waals surface area contributed by atoms with E-state index in [0.29, 0.717) is 0 Å². The quantitative estimate of drug-likeness (QED) is 0.450. The molecule has 10 heteroatoms. The number of carboxylic acid groups (broad SMARTS) is 2. The monoisotopic (exact) mass is 306 g/mol. The largest absolute Gasteiger partial charge is 0.478 e. The van der Waals surface area contributed by atoms with Crippen LogP contribution in [0.4, 0.5) is 0 Å². The molecule has 1 aromatic carbocycles. The van der Waals surface area contributed by atoms with Crippen molar-refractivity contribution in [3.05, 3.63) is 35.4 Å². The summed E-state index contributed by atoms with van der Waals surface area (Å²) in [5.41, 5.74) is 5.06. The van der Waals surface area contributed by atoms with E-state index in [1.807, 2.05) is 0 Å². The second kappa shape index (κ2) is 8.22. The lowest BCUT2D eigenvalue weighted by Crippen LogP contribution is -2.28. The molecule has 1 aromatic rings. The van der Waals surface area contributed by atoms with Crippen LogP contribution in [0, 0.1) is 0 Å². The third-order valence-electron chi connectivity index (χ3n) is 1.81. The van der Waals surface area contributed by atoms with Gasteiger partial charge in [0.2, 0.25) is 0 Å². The highest BCUT2D eigenvalue weighted by Crippen LogP contribution is 2.03.